The highest BCUT2D eigenvalue weighted by molar-refractivity contribution is 5.88. The zero-order valence-corrected chi connectivity index (χ0v) is 8.51. The maximum atomic E-state index is 11.5. The van der Waals surface area contributed by atoms with Gasteiger partial charge in [-0.05, 0) is 0 Å². The Kier molecular flexibility index (Phi) is 2.81. The molecule has 0 atom stereocenters. The molecule has 0 aliphatic rings. The Morgan fingerprint density at radius 3 is 2.94 bits per heavy atom. The van der Waals surface area contributed by atoms with Crippen molar-refractivity contribution in [1.82, 2.24) is 24.7 Å². The first-order valence-corrected chi connectivity index (χ1v) is 4.60. The number of carbonyl (C=O) groups is 1. The summed E-state index contributed by atoms with van der Waals surface area (Å²) in [5, 5.41) is 8.38. The van der Waals surface area contributed by atoms with Crippen LogP contribution in [0.3, 0.4) is 0 Å². The van der Waals surface area contributed by atoms with Crippen LogP contribution in [0.4, 0.5) is 5.95 Å². The molecule has 17 heavy (non-hydrogen) atoms. The fourth-order valence-corrected chi connectivity index (χ4v) is 1.16. The summed E-state index contributed by atoms with van der Waals surface area (Å²) in [6.07, 6.45) is 2.48. The summed E-state index contributed by atoms with van der Waals surface area (Å²) in [6.45, 7) is -0.226. The number of nitrogens with one attached hydrogen (secondary N) is 3. The number of anilines is 1. The standard InChI is InChI=1S/C8H8N6O3/c15-5-1-2-14(8(17)12-5)3-6(16)11-7-9-4-10-13-7/h1-2,4H,3H2,(H,12,15,17)(H2,9,10,11,13,16). The van der Waals surface area contributed by atoms with Crippen molar-refractivity contribution in [3.63, 3.8) is 0 Å². The Hall–Kier alpha value is -2.71. The minimum absolute atomic E-state index is 0.187. The molecule has 0 aromatic carbocycles. The number of hydrogen-bond acceptors (Lipinski definition) is 5. The Labute approximate surface area is 93.5 Å². The van der Waals surface area contributed by atoms with Gasteiger partial charge >= 0.3 is 5.69 Å². The second-order valence-electron chi connectivity index (χ2n) is 3.12. The fourth-order valence-electron chi connectivity index (χ4n) is 1.16. The molecule has 2 aromatic heterocycles. The molecule has 9 nitrogen and oxygen atoms in total. The Morgan fingerprint density at radius 1 is 1.47 bits per heavy atom. The van der Waals surface area contributed by atoms with Crippen molar-refractivity contribution < 1.29 is 4.79 Å². The topological polar surface area (TPSA) is 126 Å². The van der Waals surface area contributed by atoms with Gasteiger partial charge in [0.25, 0.3) is 5.56 Å². The lowest BCUT2D eigenvalue weighted by Gasteiger charge is -2.03. The van der Waals surface area contributed by atoms with Crippen molar-refractivity contribution in [2.75, 3.05) is 5.32 Å². The molecule has 0 saturated carbocycles. The van der Waals surface area contributed by atoms with E-state index in [4.69, 9.17) is 0 Å². The van der Waals surface area contributed by atoms with Crippen molar-refractivity contribution >= 4 is 11.9 Å². The summed E-state index contributed by atoms with van der Waals surface area (Å²) in [5.74, 6) is -0.275. The van der Waals surface area contributed by atoms with E-state index in [9.17, 15) is 14.4 Å². The van der Waals surface area contributed by atoms with E-state index in [-0.39, 0.29) is 12.5 Å². The third-order valence-electron chi connectivity index (χ3n) is 1.88. The Morgan fingerprint density at radius 2 is 2.29 bits per heavy atom. The number of aromatic amines is 2. The van der Waals surface area contributed by atoms with E-state index in [0.717, 1.165) is 10.6 Å². The first-order chi connectivity index (χ1) is 8.15. The lowest BCUT2D eigenvalue weighted by Crippen LogP contribution is -2.32. The average molecular weight is 236 g/mol. The predicted molar refractivity (Wildman–Crippen MR) is 56.3 cm³/mol. The molecule has 0 unspecified atom stereocenters. The van der Waals surface area contributed by atoms with Gasteiger partial charge in [-0.25, -0.2) is 9.89 Å². The van der Waals surface area contributed by atoms with E-state index < -0.39 is 17.2 Å². The molecular formula is C8H8N6O3. The molecule has 88 valence electrons. The minimum atomic E-state index is -0.648. The third kappa shape index (κ3) is 2.65. The van der Waals surface area contributed by atoms with Gasteiger partial charge in [0.05, 0.1) is 0 Å². The van der Waals surface area contributed by atoms with Crippen LogP contribution in [-0.2, 0) is 11.3 Å². The van der Waals surface area contributed by atoms with Crippen LogP contribution >= 0.6 is 0 Å². The lowest BCUT2D eigenvalue weighted by molar-refractivity contribution is -0.116. The van der Waals surface area contributed by atoms with Crippen LogP contribution in [0.25, 0.3) is 0 Å². The SMILES string of the molecule is O=C(Cn1ccc(=O)[nH]c1=O)Nc1ncn[nH]1. The number of aromatic nitrogens is 5. The highest BCUT2D eigenvalue weighted by atomic mass is 16.2. The Balaban J connectivity index is 2.08. The number of nitrogens with zero attached hydrogens (tertiary/aromatic N) is 3. The smallest absolute Gasteiger partial charge is 0.293 e. The highest BCUT2D eigenvalue weighted by Gasteiger charge is 2.06. The van der Waals surface area contributed by atoms with Crippen molar-refractivity contribution in [1.29, 1.82) is 0 Å². The summed E-state index contributed by atoms with van der Waals surface area (Å²) in [4.78, 5) is 39.3. The van der Waals surface area contributed by atoms with Crippen molar-refractivity contribution in [3.05, 3.63) is 39.4 Å². The number of rotatable bonds is 3. The van der Waals surface area contributed by atoms with E-state index in [2.05, 4.69) is 20.5 Å². The van der Waals surface area contributed by atoms with Crippen LogP contribution in [-0.4, -0.2) is 30.6 Å². The number of H-pyrrole nitrogens is 2. The van der Waals surface area contributed by atoms with E-state index >= 15 is 0 Å². The van der Waals surface area contributed by atoms with Gasteiger partial charge in [-0.3, -0.25) is 24.5 Å². The predicted octanol–water partition coefficient (Wildman–Crippen LogP) is -1.71. The number of hydrogen-bond donors (Lipinski definition) is 3. The number of carbonyl (C=O) groups excluding carboxylic acids is 1. The van der Waals surface area contributed by atoms with Crippen molar-refractivity contribution in [2.45, 2.75) is 6.54 Å². The van der Waals surface area contributed by atoms with E-state index in [1.165, 1.54) is 12.5 Å². The highest BCUT2D eigenvalue weighted by Crippen LogP contribution is 1.92. The normalized spacial score (nSPS) is 10.1. The summed E-state index contributed by atoms with van der Waals surface area (Å²) in [6, 6.07) is 1.16. The van der Waals surface area contributed by atoms with Gasteiger partial charge in [-0.15, -0.1) is 0 Å². The van der Waals surface area contributed by atoms with E-state index in [0.29, 0.717) is 0 Å². The van der Waals surface area contributed by atoms with Crippen LogP contribution in [0.1, 0.15) is 0 Å². The average Bonchev–Trinajstić information content (AvgIpc) is 2.75. The summed E-state index contributed by atoms with van der Waals surface area (Å²) < 4.78 is 1.06. The molecule has 3 N–H and O–H groups in total. The quantitative estimate of drug-likeness (QED) is 0.585. The van der Waals surface area contributed by atoms with Gasteiger partial charge in [0.2, 0.25) is 11.9 Å². The second kappa shape index (κ2) is 4.43. The van der Waals surface area contributed by atoms with Gasteiger partial charge < -0.3 is 0 Å². The first-order valence-electron chi connectivity index (χ1n) is 4.60. The van der Waals surface area contributed by atoms with Crippen LogP contribution in [0.15, 0.2) is 28.2 Å². The molecular weight excluding hydrogens is 228 g/mol. The maximum absolute atomic E-state index is 11.5. The van der Waals surface area contributed by atoms with Crippen LogP contribution in [0, 0.1) is 0 Å². The van der Waals surface area contributed by atoms with Gasteiger partial charge in [-0.2, -0.15) is 10.1 Å². The van der Waals surface area contributed by atoms with E-state index in [1.54, 1.807) is 0 Å². The molecule has 0 bridgehead atoms. The maximum Gasteiger partial charge on any atom is 0.328 e. The summed E-state index contributed by atoms with van der Waals surface area (Å²) in [5.41, 5.74) is -1.16. The lowest BCUT2D eigenvalue weighted by atomic mass is 10.5. The fraction of sp³-hybridized carbons (Fsp3) is 0.125. The summed E-state index contributed by atoms with van der Waals surface area (Å²) in [7, 11) is 0. The minimum Gasteiger partial charge on any atom is -0.293 e. The molecule has 2 aromatic rings. The van der Waals surface area contributed by atoms with Crippen molar-refractivity contribution in [3.8, 4) is 0 Å². The summed E-state index contributed by atoms with van der Waals surface area (Å²) >= 11 is 0. The number of amides is 1. The monoisotopic (exact) mass is 236 g/mol. The molecule has 0 radical (unpaired) electrons. The molecule has 0 fully saturated rings. The molecule has 2 rings (SSSR count). The van der Waals surface area contributed by atoms with Crippen molar-refractivity contribution in [2.24, 2.45) is 0 Å². The van der Waals surface area contributed by atoms with Gasteiger partial charge in [0.1, 0.15) is 12.9 Å². The zero-order chi connectivity index (χ0) is 12.3. The van der Waals surface area contributed by atoms with Crippen LogP contribution in [0.2, 0.25) is 0 Å². The molecule has 2 heterocycles. The third-order valence-corrected chi connectivity index (χ3v) is 1.88. The Bertz CT molecular complexity index is 625. The largest absolute Gasteiger partial charge is 0.328 e. The molecule has 9 heteroatoms. The van der Waals surface area contributed by atoms with Gasteiger partial charge in [-0.1, -0.05) is 0 Å². The van der Waals surface area contributed by atoms with Gasteiger partial charge in [0, 0.05) is 12.3 Å². The van der Waals surface area contributed by atoms with Crippen LogP contribution in [0.5, 0.6) is 0 Å². The second-order valence-corrected chi connectivity index (χ2v) is 3.12. The van der Waals surface area contributed by atoms with E-state index in [1.807, 2.05) is 4.98 Å². The molecule has 0 aliphatic heterocycles. The molecule has 1 amide bonds. The van der Waals surface area contributed by atoms with Crippen LogP contribution < -0.4 is 16.6 Å². The van der Waals surface area contributed by atoms with Gasteiger partial charge in [0.15, 0.2) is 0 Å². The molecule has 0 saturated heterocycles. The molecule has 0 aliphatic carbocycles. The molecule has 0 spiro atoms. The zero-order valence-electron chi connectivity index (χ0n) is 8.51. The first kappa shape index (κ1) is 10.8.